The van der Waals surface area contributed by atoms with Crippen molar-refractivity contribution in [1.82, 2.24) is 0 Å². The van der Waals surface area contributed by atoms with Gasteiger partial charge in [-0.25, -0.2) is 0 Å². The van der Waals surface area contributed by atoms with Gasteiger partial charge in [-0.1, -0.05) is 42.0 Å². The topological polar surface area (TPSA) is 9.23 Å². The van der Waals surface area contributed by atoms with Crippen LogP contribution in [0.5, 0.6) is 0 Å². The van der Waals surface area contributed by atoms with Gasteiger partial charge in [0.15, 0.2) is 0 Å². The summed E-state index contributed by atoms with van der Waals surface area (Å²) in [6, 6.07) is 10.6. The van der Waals surface area contributed by atoms with Gasteiger partial charge in [0.2, 0.25) is 0 Å². The minimum Gasteiger partial charge on any atom is -0.380 e. The first-order valence-corrected chi connectivity index (χ1v) is 5.50. The molecule has 1 aliphatic carbocycles. The average Bonchev–Trinajstić information content (AvgIpc) is 3.03. The van der Waals surface area contributed by atoms with Gasteiger partial charge in [-0.2, -0.15) is 0 Å². The summed E-state index contributed by atoms with van der Waals surface area (Å²) in [6.45, 7) is 4.29. The third kappa shape index (κ3) is 1.84. The van der Waals surface area contributed by atoms with Crippen molar-refractivity contribution in [2.24, 2.45) is 5.92 Å². The normalized spacial score (nSPS) is 30.3. The summed E-state index contributed by atoms with van der Waals surface area (Å²) in [4.78, 5) is 0. The Balaban J connectivity index is 2.19. The summed E-state index contributed by atoms with van der Waals surface area (Å²) in [6.07, 6.45) is 2.57. The molecule has 1 aromatic carbocycles. The lowest BCUT2D eigenvalue weighted by Crippen LogP contribution is -1.92. The molecule has 1 aliphatic rings. The second kappa shape index (κ2) is 4.19. The zero-order valence-electron chi connectivity index (χ0n) is 9.60. The van der Waals surface area contributed by atoms with E-state index in [9.17, 15) is 0 Å². The molecule has 2 rings (SSSR count). The van der Waals surface area contributed by atoms with Crippen molar-refractivity contribution in [3.63, 3.8) is 0 Å². The Hall–Kier alpha value is -1.08. The maximum Gasteiger partial charge on any atom is 0.0718 e. The van der Waals surface area contributed by atoms with Gasteiger partial charge in [0, 0.05) is 18.9 Å². The number of rotatable bonds is 3. The van der Waals surface area contributed by atoms with E-state index < -0.39 is 0 Å². The first kappa shape index (κ1) is 10.4. The number of methoxy groups -OCH3 is 1. The van der Waals surface area contributed by atoms with Crippen LogP contribution in [0.1, 0.15) is 25.3 Å². The number of benzene rings is 1. The minimum absolute atomic E-state index is 0.378. The standard InChI is InChI=1S/C14H18O/c1-4-10(2)12-13(14(12)15-3)11-8-6-5-7-9-11/h4-9,12-14H,1-3H3/t12-,13-,14?/m1/s1. The van der Waals surface area contributed by atoms with Crippen LogP contribution in [0, 0.1) is 5.92 Å². The minimum atomic E-state index is 0.378. The summed E-state index contributed by atoms with van der Waals surface area (Å²) in [5, 5.41) is 0. The molecular weight excluding hydrogens is 184 g/mol. The number of hydrogen-bond acceptors (Lipinski definition) is 1. The van der Waals surface area contributed by atoms with Crippen LogP contribution in [0.25, 0.3) is 0 Å². The molecule has 0 amide bonds. The second-order valence-electron chi connectivity index (χ2n) is 4.20. The van der Waals surface area contributed by atoms with Crippen LogP contribution < -0.4 is 0 Å². The van der Waals surface area contributed by atoms with Crippen LogP contribution >= 0.6 is 0 Å². The third-order valence-corrected chi connectivity index (χ3v) is 3.39. The molecule has 0 heterocycles. The molecule has 1 aromatic rings. The maximum absolute atomic E-state index is 5.52. The van der Waals surface area contributed by atoms with Gasteiger partial charge in [-0.05, 0) is 19.4 Å². The highest BCUT2D eigenvalue weighted by atomic mass is 16.5. The predicted molar refractivity (Wildman–Crippen MR) is 62.9 cm³/mol. The van der Waals surface area contributed by atoms with E-state index in [0.717, 1.165) is 0 Å². The highest BCUT2D eigenvalue weighted by Crippen LogP contribution is 2.53. The van der Waals surface area contributed by atoms with Crippen LogP contribution in [-0.4, -0.2) is 13.2 Å². The first-order valence-electron chi connectivity index (χ1n) is 5.50. The molecule has 0 aromatic heterocycles. The van der Waals surface area contributed by atoms with Crippen LogP contribution in [0.2, 0.25) is 0 Å². The van der Waals surface area contributed by atoms with E-state index in [1.807, 2.05) is 7.11 Å². The van der Waals surface area contributed by atoms with E-state index in [0.29, 0.717) is 17.9 Å². The molecule has 1 fully saturated rings. The molecule has 15 heavy (non-hydrogen) atoms. The van der Waals surface area contributed by atoms with Crippen molar-refractivity contribution >= 4 is 0 Å². The third-order valence-electron chi connectivity index (χ3n) is 3.39. The van der Waals surface area contributed by atoms with Crippen molar-refractivity contribution in [3.8, 4) is 0 Å². The fourth-order valence-electron chi connectivity index (χ4n) is 2.38. The average molecular weight is 202 g/mol. The fourth-order valence-corrected chi connectivity index (χ4v) is 2.38. The largest absolute Gasteiger partial charge is 0.380 e. The zero-order chi connectivity index (χ0) is 10.8. The van der Waals surface area contributed by atoms with Crippen molar-refractivity contribution in [1.29, 1.82) is 0 Å². The lowest BCUT2D eigenvalue weighted by atomic mass is 10.1. The SMILES string of the molecule is CC=C(C)[C@H]1C(OC)[C@@H]1c1ccccc1. The molecule has 1 nitrogen and oxygen atoms in total. The van der Waals surface area contributed by atoms with E-state index in [2.05, 4.69) is 50.3 Å². The van der Waals surface area contributed by atoms with Gasteiger partial charge >= 0.3 is 0 Å². The Morgan fingerprint density at radius 2 is 1.93 bits per heavy atom. The molecule has 0 saturated heterocycles. The zero-order valence-corrected chi connectivity index (χ0v) is 9.60. The highest BCUT2D eigenvalue weighted by molar-refractivity contribution is 5.35. The molecule has 0 radical (unpaired) electrons. The Morgan fingerprint density at radius 3 is 2.47 bits per heavy atom. The Labute approximate surface area is 91.8 Å². The Morgan fingerprint density at radius 1 is 1.27 bits per heavy atom. The van der Waals surface area contributed by atoms with E-state index in [1.54, 1.807) is 0 Å². The van der Waals surface area contributed by atoms with Crippen molar-refractivity contribution < 1.29 is 4.74 Å². The summed E-state index contributed by atoms with van der Waals surface area (Å²) < 4.78 is 5.52. The van der Waals surface area contributed by atoms with Crippen molar-refractivity contribution in [2.45, 2.75) is 25.9 Å². The summed E-state index contributed by atoms with van der Waals surface area (Å²) in [5.74, 6) is 1.15. The van der Waals surface area contributed by atoms with Crippen LogP contribution in [0.3, 0.4) is 0 Å². The summed E-state index contributed by atoms with van der Waals surface area (Å²) in [5.41, 5.74) is 2.84. The van der Waals surface area contributed by atoms with Crippen molar-refractivity contribution in [3.05, 3.63) is 47.5 Å². The molecule has 1 saturated carbocycles. The van der Waals surface area contributed by atoms with Crippen LogP contribution in [0.4, 0.5) is 0 Å². The molecule has 80 valence electrons. The van der Waals surface area contributed by atoms with Gasteiger partial charge in [0.25, 0.3) is 0 Å². The molecule has 0 N–H and O–H groups in total. The molecule has 0 spiro atoms. The second-order valence-corrected chi connectivity index (χ2v) is 4.20. The summed E-state index contributed by atoms with van der Waals surface area (Å²) in [7, 11) is 1.81. The predicted octanol–water partition coefficient (Wildman–Crippen LogP) is 3.38. The van der Waals surface area contributed by atoms with E-state index in [-0.39, 0.29) is 0 Å². The molecule has 0 aliphatic heterocycles. The quantitative estimate of drug-likeness (QED) is 0.683. The number of allylic oxidation sites excluding steroid dienone is 1. The van der Waals surface area contributed by atoms with Gasteiger partial charge < -0.3 is 4.74 Å². The van der Waals surface area contributed by atoms with E-state index in [1.165, 1.54) is 11.1 Å². The van der Waals surface area contributed by atoms with Gasteiger partial charge in [0.05, 0.1) is 6.10 Å². The van der Waals surface area contributed by atoms with Gasteiger partial charge in [-0.15, -0.1) is 0 Å². The smallest absolute Gasteiger partial charge is 0.0718 e. The van der Waals surface area contributed by atoms with E-state index >= 15 is 0 Å². The number of ether oxygens (including phenoxy) is 1. The first-order chi connectivity index (χ1) is 7.29. The monoisotopic (exact) mass is 202 g/mol. The molecule has 0 bridgehead atoms. The highest BCUT2D eigenvalue weighted by Gasteiger charge is 2.51. The number of hydrogen-bond donors (Lipinski definition) is 0. The van der Waals surface area contributed by atoms with E-state index in [4.69, 9.17) is 4.74 Å². The summed E-state index contributed by atoms with van der Waals surface area (Å²) >= 11 is 0. The Kier molecular flexibility index (Phi) is 2.92. The lowest BCUT2D eigenvalue weighted by molar-refractivity contribution is 0.169. The molecule has 1 heteroatoms. The molecular formula is C14H18O. The lowest BCUT2D eigenvalue weighted by Gasteiger charge is -1.98. The van der Waals surface area contributed by atoms with Crippen LogP contribution in [0.15, 0.2) is 42.0 Å². The van der Waals surface area contributed by atoms with Gasteiger partial charge in [-0.3, -0.25) is 0 Å². The fraction of sp³-hybridized carbons (Fsp3) is 0.429. The van der Waals surface area contributed by atoms with Crippen LogP contribution in [-0.2, 0) is 4.74 Å². The molecule has 3 atom stereocenters. The Bertz CT molecular complexity index is 353. The van der Waals surface area contributed by atoms with Crippen molar-refractivity contribution in [2.75, 3.05) is 7.11 Å². The van der Waals surface area contributed by atoms with Gasteiger partial charge in [0.1, 0.15) is 0 Å². The molecule has 1 unspecified atom stereocenters. The maximum atomic E-state index is 5.52.